The molecule has 2 rings (SSSR count). The van der Waals surface area contributed by atoms with Gasteiger partial charge in [0, 0.05) is 12.6 Å². The molecule has 2 atom stereocenters. The largest absolute Gasteiger partial charge is 0.495 e. The number of nitrogens with one attached hydrogen (secondary N) is 1. The van der Waals surface area contributed by atoms with E-state index in [9.17, 15) is 0 Å². The molecule has 2 unspecified atom stereocenters. The van der Waals surface area contributed by atoms with Crippen LogP contribution < -0.4 is 10.1 Å². The SMILES string of the molecule is COc1cc(C)ccc1NC1CCOC(C)C1. The predicted molar refractivity (Wildman–Crippen MR) is 69.8 cm³/mol. The zero-order valence-corrected chi connectivity index (χ0v) is 10.8. The second-order valence-corrected chi connectivity index (χ2v) is 4.75. The van der Waals surface area contributed by atoms with Gasteiger partial charge in [0.2, 0.25) is 0 Å². The molecule has 0 bridgehead atoms. The molecule has 1 heterocycles. The highest BCUT2D eigenvalue weighted by molar-refractivity contribution is 5.58. The van der Waals surface area contributed by atoms with Gasteiger partial charge < -0.3 is 14.8 Å². The zero-order valence-electron chi connectivity index (χ0n) is 10.8. The van der Waals surface area contributed by atoms with Crippen LogP contribution in [-0.2, 0) is 4.74 Å². The van der Waals surface area contributed by atoms with E-state index in [0.717, 1.165) is 30.9 Å². The number of aryl methyl sites for hydroxylation is 1. The molecule has 0 aliphatic carbocycles. The molecule has 0 spiro atoms. The number of hydrogen-bond donors (Lipinski definition) is 1. The molecule has 1 aromatic rings. The lowest BCUT2D eigenvalue weighted by molar-refractivity contribution is 0.0232. The van der Waals surface area contributed by atoms with Crippen LogP contribution in [0.25, 0.3) is 0 Å². The zero-order chi connectivity index (χ0) is 12.3. The average Bonchev–Trinajstić information content (AvgIpc) is 2.31. The van der Waals surface area contributed by atoms with Crippen molar-refractivity contribution in [1.29, 1.82) is 0 Å². The number of methoxy groups -OCH3 is 1. The number of rotatable bonds is 3. The number of benzene rings is 1. The van der Waals surface area contributed by atoms with Gasteiger partial charge in [-0.15, -0.1) is 0 Å². The summed E-state index contributed by atoms with van der Waals surface area (Å²) in [6, 6.07) is 6.74. The van der Waals surface area contributed by atoms with Crippen LogP contribution >= 0.6 is 0 Å². The maximum Gasteiger partial charge on any atom is 0.142 e. The molecule has 17 heavy (non-hydrogen) atoms. The van der Waals surface area contributed by atoms with Gasteiger partial charge in [-0.1, -0.05) is 6.07 Å². The highest BCUT2D eigenvalue weighted by Gasteiger charge is 2.19. The van der Waals surface area contributed by atoms with Crippen molar-refractivity contribution in [3.63, 3.8) is 0 Å². The molecule has 1 N–H and O–H groups in total. The third-order valence-electron chi connectivity index (χ3n) is 3.20. The first kappa shape index (κ1) is 12.2. The lowest BCUT2D eigenvalue weighted by Gasteiger charge is -2.29. The highest BCUT2D eigenvalue weighted by atomic mass is 16.5. The van der Waals surface area contributed by atoms with Gasteiger partial charge in [0.15, 0.2) is 0 Å². The Morgan fingerprint density at radius 1 is 1.41 bits per heavy atom. The minimum atomic E-state index is 0.345. The molecule has 0 radical (unpaired) electrons. The molecule has 1 aromatic carbocycles. The Morgan fingerprint density at radius 3 is 2.94 bits per heavy atom. The summed E-state index contributed by atoms with van der Waals surface area (Å²) in [6.07, 6.45) is 2.45. The summed E-state index contributed by atoms with van der Waals surface area (Å²) in [5, 5.41) is 3.55. The third-order valence-corrected chi connectivity index (χ3v) is 3.20. The van der Waals surface area contributed by atoms with Crippen molar-refractivity contribution >= 4 is 5.69 Å². The molecular formula is C14H21NO2. The fourth-order valence-corrected chi connectivity index (χ4v) is 2.27. The van der Waals surface area contributed by atoms with Crippen molar-refractivity contribution in [2.24, 2.45) is 0 Å². The van der Waals surface area contributed by atoms with Gasteiger partial charge in [0.25, 0.3) is 0 Å². The third kappa shape index (κ3) is 3.13. The lowest BCUT2D eigenvalue weighted by Crippen LogP contribution is -2.32. The number of ether oxygens (including phenoxy) is 2. The first-order chi connectivity index (χ1) is 8.19. The molecule has 1 fully saturated rings. The second kappa shape index (κ2) is 5.41. The first-order valence-electron chi connectivity index (χ1n) is 6.22. The van der Waals surface area contributed by atoms with Gasteiger partial charge in [0.05, 0.1) is 18.9 Å². The van der Waals surface area contributed by atoms with E-state index in [-0.39, 0.29) is 0 Å². The molecule has 94 valence electrons. The minimum Gasteiger partial charge on any atom is -0.495 e. The summed E-state index contributed by atoms with van der Waals surface area (Å²) in [4.78, 5) is 0. The second-order valence-electron chi connectivity index (χ2n) is 4.75. The first-order valence-corrected chi connectivity index (χ1v) is 6.22. The Hall–Kier alpha value is -1.22. The van der Waals surface area contributed by atoms with Gasteiger partial charge in [0.1, 0.15) is 5.75 Å². The van der Waals surface area contributed by atoms with E-state index in [4.69, 9.17) is 9.47 Å². The number of hydrogen-bond acceptors (Lipinski definition) is 3. The molecular weight excluding hydrogens is 214 g/mol. The average molecular weight is 235 g/mol. The van der Waals surface area contributed by atoms with E-state index < -0.39 is 0 Å². The monoisotopic (exact) mass is 235 g/mol. The Morgan fingerprint density at radius 2 is 2.24 bits per heavy atom. The van der Waals surface area contributed by atoms with Crippen LogP contribution in [0.15, 0.2) is 18.2 Å². The summed E-state index contributed by atoms with van der Waals surface area (Å²) in [5.41, 5.74) is 2.30. The molecule has 1 aliphatic heterocycles. The van der Waals surface area contributed by atoms with Crippen molar-refractivity contribution in [1.82, 2.24) is 0 Å². The molecule has 0 aromatic heterocycles. The number of anilines is 1. The van der Waals surface area contributed by atoms with Crippen molar-refractivity contribution in [2.45, 2.75) is 38.8 Å². The molecule has 0 saturated carbocycles. The Labute approximate surface area is 103 Å². The summed E-state index contributed by atoms with van der Waals surface area (Å²) in [5.74, 6) is 0.921. The van der Waals surface area contributed by atoms with Crippen LogP contribution in [0, 0.1) is 6.92 Å². The standard InChI is InChI=1S/C14H21NO2/c1-10-4-5-13(14(8-10)16-3)15-12-6-7-17-11(2)9-12/h4-5,8,11-12,15H,6-7,9H2,1-3H3. The summed E-state index contributed by atoms with van der Waals surface area (Å²) >= 11 is 0. The Bertz CT molecular complexity index is 378. The highest BCUT2D eigenvalue weighted by Crippen LogP contribution is 2.28. The quantitative estimate of drug-likeness (QED) is 0.873. The van der Waals surface area contributed by atoms with E-state index in [1.807, 2.05) is 0 Å². The fraction of sp³-hybridized carbons (Fsp3) is 0.571. The molecule has 1 aliphatic rings. The van der Waals surface area contributed by atoms with Crippen LogP contribution in [0.5, 0.6) is 5.75 Å². The Kier molecular flexibility index (Phi) is 3.89. The van der Waals surface area contributed by atoms with E-state index in [2.05, 4.69) is 37.4 Å². The van der Waals surface area contributed by atoms with Gasteiger partial charge >= 0.3 is 0 Å². The Balaban J connectivity index is 2.07. The van der Waals surface area contributed by atoms with Crippen LogP contribution in [0.2, 0.25) is 0 Å². The normalized spacial score (nSPS) is 24.4. The van der Waals surface area contributed by atoms with Crippen LogP contribution in [0.4, 0.5) is 5.69 Å². The van der Waals surface area contributed by atoms with E-state index in [1.54, 1.807) is 7.11 Å². The smallest absolute Gasteiger partial charge is 0.142 e. The van der Waals surface area contributed by atoms with Crippen molar-refractivity contribution in [3.8, 4) is 5.75 Å². The van der Waals surface area contributed by atoms with E-state index in [1.165, 1.54) is 5.56 Å². The fourth-order valence-electron chi connectivity index (χ4n) is 2.27. The maximum absolute atomic E-state index is 5.55. The minimum absolute atomic E-state index is 0.345. The summed E-state index contributed by atoms with van der Waals surface area (Å²) in [7, 11) is 1.71. The van der Waals surface area contributed by atoms with Gasteiger partial charge in [-0.05, 0) is 44.4 Å². The van der Waals surface area contributed by atoms with Crippen molar-refractivity contribution in [3.05, 3.63) is 23.8 Å². The maximum atomic E-state index is 5.55. The van der Waals surface area contributed by atoms with Gasteiger partial charge in [-0.3, -0.25) is 0 Å². The predicted octanol–water partition coefficient (Wildman–Crippen LogP) is 2.98. The van der Waals surface area contributed by atoms with Gasteiger partial charge in [-0.2, -0.15) is 0 Å². The van der Waals surface area contributed by atoms with Gasteiger partial charge in [-0.25, -0.2) is 0 Å². The topological polar surface area (TPSA) is 30.5 Å². The van der Waals surface area contributed by atoms with Crippen LogP contribution in [0.3, 0.4) is 0 Å². The molecule has 3 nitrogen and oxygen atoms in total. The molecule has 0 amide bonds. The molecule has 3 heteroatoms. The van der Waals surface area contributed by atoms with E-state index >= 15 is 0 Å². The van der Waals surface area contributed by atoms with E-state index in [0.29, 0.717) is 12.1 Å². The summed E-state index contributed by atoms with van der Waals surface area (Å²) < 4.78 is 11.0. The molecule has 1 saturated heterocycles. The van der Waals surface area contributed by atoms with Crippen molar-refractivity contribution in [2.75, 3.05) is 19.0 Å². The van der Waals surface area contributed by atoms with Crippen LogP contribution in [0.1, 0.15) is 25.3 Å². The summed E-state index contributed by atoms with van der Waals surface area (Å²) in [6.45, 7) is 5.04. The van der Waals surface area contributed by atoms with Crippen molar-refractivity contribution < 1.29 is 9.47 Å². The lowest BCUT2D eigenvalue weighted by atomic mass is 10.0. The van der Waals surface area contributed by atoms with Crippen LogP contribution in [-0.4, -0.2) is 25.9 Å².